The first-order valence-corrected chi connectivity index (χ1v) is 5.19. The second-order valence-corrected chi connectivity index (χ2v) is 3.75. The third-order valence-electron chi connectivity index (χ3n) is 1.90. The second-order valence-electron chi connectivity index (χ2n) is 2.67. The van der Waals surface area contributed by atoms with E-state index in [4.69, 9.17) is 5.11 Å². The van der Waals surface area contributed by atoms with Gasteiger partial charge in [-0.1, -0.05) is 6.92 Å². The maximum Gasteiger partial charge on any atom is 0.0934 e. The fourth-order valence-corrected chi connectivity index (χ4v) is 2.68. The third-order valence-corrected chi connectivity index (χ3v) is 3.09. The molecule has 0 spiro atoms. The molecule has 0 aromatic rings. The maximum absolute atomic E-state index is 8.66. The van der Waals surface area contributed by atoms with E-state index in [0.717, 1.165) is 18.1 Å². The lowest BCUT2D eigenvalue weighted by Crippen LogP contribution is -2.47. The van der Waals surface area contributed by atoms with Crippen LogP contribution >= 0.6 is 11.8 Å². The molecule has 0 unspecified atom stereocenters. The Morgan fingerprint density at radius 2 is 2.00 bits per heavy atom. The molecule has 1 heterocycles. The SMILES string of the molecule is CCN[C@@H]1CSC[C@@H]1NCO. The van der Waals surface area contributed by atoms with Crippen LogP contribution in [0.2, 0.25) is 0 Å². The lowest BCUT2D eigenvalue weighted by Gasteiger charge is -2.19. The van der Waals surface area contributed by atoms with Crippen molar-refractivity contribution in [2.24, 2.45) is 0 Å². The highest BCUT2D eigenvalue weighted by atomic mass is 32.2. The molecule has 0 amide bonds. The fraction of sp³-hybridized carbons (Fsp3) is 1.00. The number of hydrogen-bond acceptors (Lipinski definition) is 4. The molecule has 1 saturated heterocycles. The van der Waals surface area contributed by atoms with Gasteiger partial charge in [0, 0.05) is 23.6 Å². The predicted molar refractivity (Wildman–Crippen MR) is 48.8 cm³/mol. The Kier molecular flexibility index (Phi) is 4.22. The van der Waals surface area contributed by atoms with Crippen molar-refractivity contribution in [1.29, 1.82) is 0 Å². The van der Waals surface area contributed by atoms with Gasteiger partial charge in [0.25, 0.3) is 0 Å². The van der Waals surface area contributed by atoms with E-state index in [1.807, 2.05) is 11.8 Å². The van der Waals surface area contributed by atoms with Crippen molar-refractivity contribution in [3.8, 4) is 0 Å². The van der Waals surface area contributed by atoms with Crippen LogP contribution in [-0.4, -0.2) is 42.0 Å². The summed E-state index contributed by atoms with van der Waals surface area (Å²) >= 11 is 1.93. The van der Waals surface area contributed by atoms with Gasteiger partial charge in [-0.15, -0.1) is 0 Å². The zero-order chi connectivity index (χ0) is 8.10. The van der Waals surface area contributed by atoms with E-state index >= 15 is 0 Å². The van der Waals surface area contributed by atoms with Gasteiger partial charge in [0.1, 0.15) is 0 Å². The average molecular weight is 176 g/mol. The van der Waals surface area contributed by atoms with Crippen LogP contribution in [0.25, 0.3) is 0 Å². The minimum absolute atomic E-state index is 0.0904. The van der Waals surface area contributed by atoms with Gasteiger partial charge in [-0.05, 0) is 6.54 Å². The predicted octanol–water partition coefficient (Wildman–Crippen LogP) is -0.381. The summed E-state index contributed by atoms with van der Waals surface area (Å²) in [5.74, 6) is 2.27. The monoisotopic (exact) mass is 176 g/mol. The minimum atomic E-state index is 0.0904. The van der Waals surface area contributed by atoms with Crippen LogP contribution in [0.5, 0.6) is 0 Å². The quantitative estimate of drug-likeness (QED) is 0.511. The highest BCUT2D eigenvalue weighted by Gasteiger charge is 2.25. The summed E-state index contributed by atoms with van der Waals surface area (Å²) in [7, 11) is 0. The summed E-state index contributed by atoms with van der Waals surface area (Å²) in [6.45, 7) is 3.21. The molecule has 0 saturated carbocycles. The minimum Gasteiger partial charge on any atom is -0.381 e. The van der Waals surface area contributed by atoms with Crippen LogP contribution in [0.1, 0.15) is 6.92 Å². The maximum atomic E-state index is 8.66. The fourth-order valence-electron chi connectivity index (χ4n) is 1.34. The van der Waals surface area contributed by atoms with Crippen LogP contribution < -0.4 is 10.6 Å². The Morgan fingerprint density at radius 1 is 1.36 bits per heavy atom. The molecule has 0 radical (unpaired) electrons. The number of aliphatic hydroxyl groups excluding tert-OH is 1. The van der Waals surface area contributed by atoms with Crippen molar-refractivity contribution in [3.63, 3.8) is 0 Å². The molecular formula is C7H16N2OS. The molecule has 1 rings (SSSR count). The van der Waals surface area contributed by atoms with Crippen LogP contribution in [0.4, 0.5) is 0 Å². The highest BCUT2D eigenvalue weighted by molar-refractivity contribution is 7.99. The molecular weight excluding hydrogens is 160 g/mol. The van der Waals surface area contributed by atoms with E-state index in [2.05, 4.69) is 17.6 Å². The van der Waals surface area contributed by atoms with E-state index in [1.54, 1.807) is 0 Å². The highest BCUT2D eigenvalue weighted by Crippen LogP contribution is 2.17. The molecule has 3 nitrogen and oxygen atoms in total. The van der Waals surface area contributed by atoms with Gasteiger partial charge in [-0.2, -0.15) is 11.8 Å². The number of aliphatic hydroxyl groups is 1. The molecule has 1 aliphatic rings. The number of thioether (sulfide) groups is 1. The van der Waals surface area contributed by atoms with Gasteiger partial charge in [0.2, 0.25) is 0 Å². The Morgan fingerprint density at radius 3 is 2.55 bits per heavy atom. The number of likely N-dealkylation sites (N-methyl/N-ethyl adjacent to an activating group) is 1. The average Bonchev–Trinajstić information content (AvgIpc) is 2.39. The molecule has 4 heteroatoms. The first-order valence-electron chi connectivity index (χ1n) is 4.03. The van der Waals surface area contributed by atoms with Gasteiger partial charge >= 0.3 is 0 Å². The van der Waals surface area contributed by atoms with Crippen LogP contribution in [-0.2, 0) is 0 Å². The molecule has 2 atom stereocenters. The molecule has 0 bridgehead atoms. The van der Waals surface area contributed by atoms with Gasteiger partial charge < -0.3 is 10.4 Å². The summed E-state index contributed by atoms with van der Waals surface area (Å²) in [5.41, 5.74) is 0. The molecule has 1 aliphatic heterocycles. The standard InChI is InChI=1S/C7H16N2OS/c1-2-8-6-3-11-4-7(6)9-5-10/h6-10H,2-5H2,1H3/t6-,7+/m1/s1. The number of nitrogens with one attached hydrogen (secondary N) is 2. The van der Waals surface area contributed by atoms with Crippen LogP contribution in [0.15, 0.2) is 0 Å². The zero-order valence-electron chi connectivity index (χ0n) is 6.84. The van der Waals surface area contributed by atoms with E-state index < -0.39 is 0 Å². The summed E-state index contributed by atoms with van der Waals surface area (Å²) < 4.78 is 0. The molecule has 1 fully saturated rings. The van der Waals surface area contributed by atoms with Crippen molar-refractivity contribution in [2.75, 3.05) is 24.8 Å². The summed E-state index contributed by atoms with van der Waals surface area (Å²) in [4.78, 5) is 0. The first-order chi connectivity index (χ1) is 5.38. The van der Waals surface area contributed by atoms with Crippen molar-refractivity contribution < 1.29 is 5.11 Å². The van der Waals surface area contributed by atoms with Crippen molar-refractivity contribution in [1.82, 2.24) is 10.6 Å². The zero-order valence-corrected chi connectivity index (χ0v) is 7.66. The van der Waals surface area contributed by atoms with E-state index in [-0.39, 0.29) is 6.73 Å². The summed E-state index contributed by atoms with van der Waals surface area (Å²) in [6, 6.07) is 0.988. The molecule has 3 N–H and O–H groups in total. The number of hydrogen-bond donors (Lipinski definition) is 3. The molecule has 11 heavy (non-hydrogen) atoms. The second kappa shape index (κ2) is 4.98. The van der Waals surface area contributed by atoms with E-state index in [1.165, 1.54) is 0 Å². The lowest BCUT2D eigenvalue weighted by molar-refractivity contribution is 0.235. The van der Waals surface area contributed by atoms with E-state index in [0.29, 0.717) is 12.1 Å². The lowest BCUT2D eigenvalue weighted by atomic mass is 10.2. The molecule has 0 aromatic heterocycles. The van der Waals surface area contributed by atoms with Crippen molar-refractivity contribution >= 4 is 11.8 Å². The van der Waals surface area contributed by atoms with E-state index in [9.17, 15) is 0 Å². The Bertz CT molecular complexity index is 101. The van der Waals surface area contributed by atoms with Crippen molar-refractivity contribution in [3.05, 3.63) is 0 Å². The molecule has 66 valence electrons. The summed E-state index contributed by atoms with van der Waals surface area (Å²) in [5, 5.41) is 15.1. The largest absolute Gasteiger partial charge is 0.381 e. The van der Waals surface area contributed by atoms with Crippen molar-refractivity contribution in [2.45, 2.75) is 19.0 Å². The van der Waals surface area contributed by atoms with Crippen LogP contribution in [0.3, 0.4) is 0 Å². The molecule has 0 aromatic carbocycles. The Hall–Kier alpha value is 0.230. The Balaban J connectivity index is 2.25. The third kappa shape index (κ3) is 2.63. The van der Waals surface area contributed by atoms with Gasteiger partial charge in [0.05, 0.1) is 6.73 Å². The number of rotatable bonds is 4. The van der Waals surface area contributed by atoms with Gasteiger partial charge in [0.15, 0.2) is 0 Å². The Labute approximate surface area is 71.9 Å². The van der Waals surface area contributed by atoms with Gasteiger partial charge in [-0.25, -0.2) is 0 Å². The normalized spacial score (nSPS) is 31.1. The smallest absolute Gasteiger partial charge is 0.0934 e. The van der Waals surface area contributed by atoms with Gasteiger partial charge in [-0.3, -0.25) is 5.32 Å². The molecule has 0 aliphatic carbocycles. The first kappa shape index (κ1) is 9.32. The van der Waals surface area contributed by atoms with Crippen LogP contribution in [0, 0.1) is 0 Å². The summed E-state index contributed by atoms with van der Waals surface area (Å²) in [6.07, 6.45) is 0. The topological polar surface area (TPSA) is 44.3 Å².